The number of carbonyl (C=O) groups excluding carboxylic acids is 3. The van der Waals surface area contributed by atoms with Gasteiger partial charge in [-0.05, 0) is 67.1 Å². The summed E-state index contributed by atoms with van der Waals surface area (Å²) in [6.45, 7) is 5.96. The number of carbonyl (C=O) groups is 3. The van der Waals surface area contributed by atoms with Crippen molar-refractivity contribution in [3.63, 3.8) is 0 Å². The van der Waals surface area contributed by atoms with Gasteiger partial charge in [-0.25, -0.2) is 0 Å². The first kappa shape index (κ1) is 26.5. The van der Waals surface area contributed by atoms with E-state index in [-0.39, 0.29) is 30.2 Å². The molecule has 2 aromatic carbocycles. The molecule has 1 aliphatic carbocycles. The number of nitrogens with zero attached hydrogens (tertiary/aromatic N) is 3. The van der Waals surface area contributed by atoms with Crippen LogP contribution in [0.3, 0.4) is 0 Å². The molecule has 216 valence electrons. The topological polar surface area (TPSA) is 91.4 Å². The molecule has 1 unspecified atom stereocenters. The summed E-state index contributed by atoms with van der Waals surface area (Å²) < 4.78 is 12.2. The van der Waals surface area contributed by atoms with Gasteiger partial charge in [0.15, 0.2) is 0 Å². The molecule has 2 aromatic rings. The Labute approximate surface area is 240 Å². The normalized spacial score (nSPS) is 27.4. The lowest BCUT2D eigenvalue weighted by Crippen LogP contribution is -2.57. The summed E-state index contributed by atoms with van der Waals surface area (Å²) in [5.74, 6) is 0.519. The smallest absolute Gasteiger partial charge is 0.255 e. The van der Waals surface area contributed by atoms with Gasteiger partial charge in [0.05, 0.1) is 13.2 Å². The Kier molecular flexibility index (Phi) is 7.16. The Morgan fingerprint density at radius 3 is 2.59 bits per heavy atom. The minimum atomic E-state index is -0.603. The van der Waals surface area contributed by atoms with Crippen LogP contribution in [0.15, 0.2) is 42.5 Å². The molecule has 1 saturated carbocycles. The molecule has 3 atom stereocenters. The summed E-state index contributed by atoms with van der Waals surface area (Å²) in [6, 6.07) is 14.5. The monoisotopic (exact) mass is 558 g/mol. The van der Waals surface area contributed by atoms with Gasteiger partial charge in [-0.3, -0.25) is 24.6 Å². The van der Waals surface area contributed by atoms with Crippen molar-refractivity contribution >= 4 is 23.4 Å². The van der Waals surface area contributed by atoms with Crippen molar-refractivity contribution < 1.29 is 23.9 Å². The fourth-order valence-corrected chi connectivity index (χ4v) is 7.22. The highest BCUT2D eigenvalue weighted by Gasteiger charge is 2.41. The number of amides is 3. The quantitative estimate of drug-likeness (QED) is 0.545. The maximum absolute atomic E-state index is 13.1. The van der Waals surface area contributed by atoms with Gasteiger partial charge in [0.1, 0.15) is 17.9 Å². The molecule has 3 amide bonds. The minimum absolute atomic E-state index is 0.116. The second-order valence-electron chi connectivity index (χ2n) is 12.1. The minimum Gasteiger partial charge on any atom is -0.489 e. The first-order valence-corrected chi connectivity index (χ1v) is 15.1. The largest absolute Gasteiger partial charge is 0.489 e. The molecular weight excluding hydrogens is 520 g/mol. The number of likely N-dealkylation sites (tertiary alicyclic amines) is 1. The molecular formula is C32H38N4O5. The van der Waals surface area contributed by atoms with Crippen molar-refractivity contribution in [3.05, 3.63) is 59.2 Å². The number of ether oxygens (including phenoxy) is 2. The molecule has 41 heavy (non-hydrogen) atoms. The second-order valence-corrected chi connectivity index (χ2v) is 12.1. The van der Waals surface area contributed by atoms with Gasteiger partial charge in [0.2, 0.25) is 11.8 Å². The van der Waals surface area contributed by atoms with Crippen molar-refractivity contribution in [2.45, 2.75) is 69.2 Å². The van der Waals surface area contributed by atoms with Crippen LogP contribution in [0.2, 0.25) is 0 Å². The maximum atomic E-state index is 13.1. The summed E-state index contributed by atoms with van der Waals surface area (Å²) in [4.78, 5) is 43.6. The molecule has 1 N–H and O–H groups in total. The summed E-state index contributed by atoms with van der Waals surface area (Å²) in [5.41, 5.74) is 4.22. The number of piperidine rings is 1. The van der Waals surface area contributed by atoms with Crippen LogP contribution >= 0.6 is 0 Å². The van der Waals surface area contributed by atoms with Gasteiger partial charge in [0, 0.05) is 62.4 Å². The lowest BCUT2D eigenvalue weighted by molar-refractivity contribution is -0.136. The molecule has 5 aliphatic rings. The van der Waals surface area contributed by atoms with Crippen molar-refractivity contribution in [3.8, 4) is 5.75 Å². The average Bonchev–Trinajstić information content (AvgIpc) is 3.29. The molecule has 0 bridgehead atoms. The number of anilines is 1. The van der Waals surface area contributed by atoms with Crippen LogP contribution < -0.4 is 15.0 Å². The Morgan fingerprint density at radius 2 is 1.76 bits per heavy atom. The summed E-state index contributed by atoms with van der Waals surface area (Å²) in [5, 5.41) is 2.37. The van der Waals surface area contributed by atoms with E-state index < -0.39 is 6.04 Å². The highest BCUT2D eigenvalue weighted by atomic mass is 16.5. The maximum Gasteiger partial charge on any atom is 0.255 e. The Hall–Kier alpha value is -3.43. The number of rotatable bonds is 6. The SMILES string of the molecule is O=C1CCC(N2Cc3cc(O[C@H]4CCCC[C@@H]4N4CC(c5cccc(N6CCOCC6)c5)C4)ccc3C2=O)C(=O)N1. The van der Waals surface area contributed by atoms with Gasteiger partial charge in [0.25, 0.3) is 5.91 Å². The van der Waals surface area contributed by atoms with Crippen LogP contribution in [0.4, 0.5) is 5.69 Å². The third-order valence-corrected chi connectivity index (χ3v) is 9.55. The van der Waals surface area contributed by atoms with E-state index in [1.54, 1.807) is 4.90 Å². The van der Waals surface area contributed by atoms with Crippen LogP contribution in [-0.4, -0.2) is 85.1 Å². The van der Waals surface area contributed by atoms with Crippen LogP contribution in [0.5, 0.6) is 5.75 Å². The molecule has 0 spiro atoms. The lowest BCUT2D eigenvalue weighted by atomic mass is 9.84. The number of nitrogens with one attached hydrogen (secondary N) is 1. The molecule has 9 heteroatoms. The average molecular weight is 559 g/mol. The lowest BCUT2D eigenvalue weighted by Gasteiger charge is -2.48. The summed E-state index contributed by atoms with van der Waals surface area (Å²) in [6.07, 6.45) is 5.28. The van der Waals surface area contributed by atoms with E-state index in [1.807, 2.05) is 18.2 Å². The van der Waals surface area contributed by atoms with Crippen molar-refractivity contribution in [1.29, 1.82) is 0 Å². The van der Waals surface area contributed by atoms with E-state index in [1.165, 1.54) is 17.7 Å². The Morgan fingerprint density at radius 1 is 0.927 bits per heavy atom. The molecule has 9 nitrogen and oxygen atoms in total. The van der Waals surface area contributed by atoms with Crippen LogP contribution in [0.25, 0.3) is 0 Å². The number of hydrogen-bond donors (Lipinski definition) is 1. The van der Waals surface area contributed by atoms with Crippen LogP contribution in [0, 0.1) is 0 Å². The first-order valence-electron chi connectivity index (χ1n) is 15.1. The molecule has 0 radical (unpaired) electrons. The van der Waals surface area contributed by atoms with E-state index in [0.29, 0.717) is 30.5 Å². The second kappa shape index (κ2) is 11.1. The number of hydrogen-bond acceptors (Lipinski definition) is 7. The zero-order valence-corrected chi connectivity index (χ0v) is 23.4. The predicted molar refractivity (Wildman–Crippen MR) is 153 cm³/mol. The third-order valence-electron chi connectivity index (χ3n) is 9.55. The van der Waals surface area contributed by atoms with E-state index in [0.717, 1.165) is 70.0 Å². The standard InChI is InChI=1S/C32H38N4O5/c37-30-11-10-28(31(38)33-30)36-20-22-17-25(8-9-26(22)32(36)39)41-29-7-2-1-6-27(29)35-18-23(19-35)21-4-3-5-24(16-21)34-12-14-40-15-13-34/h3-5,8-9,16-17,23,27-29H,1-2,6-7,10-15,18-20H2,(H,33,37,38)/t27-,28?,29-/m0/s1. The Balaban J connectivity index is 0.991. The molecule has 4 aliphatic heterocycles. The third kappa shape index (κ3) is 5.21. The van der Waals surface area contributed by atoms with Gasteiger partial charge in [-0.2, -0.15) is 0 Å². The highest BCUT2D eigenvalue weighted by Crippen LogP contribution is 2.37. The van der Waals surface area contributed by atoms with Crippen molar-refractivity contribution in [1.82, 2.24) is 15.1 Å². The summed E-state index contributed by atoms with van der Waals surface area (Å²) >= 11 is 0. The van der Waals surface area contributed by atoms with Gasteiger partial charge in [-0.1, -0.05) is 18.6 Å². The summed E-state index contributed by atoms with van der Waals surface area (Å²) in [7, 11) is 0. The zero-order valence-electron chi connectivity index (χ0n) is 23.4. The van der Waals surface area contributed by atoms with E-state index in [4.69, 9.17) is 9.47 Å². The first-order chi connectivity index (χ1) is 20.0. The van der Waals surface area contributed by atoms with E-state index >= 15 is 0 Å². The highest BCUT2D eigenvalue weighted by molar-refractivity contribution is 6.05. The fraction of sp³-hybridized carbons (Fsp3) is 0.531. The van der Waals surface area contributed by atoms with Gasteiger partial charge >= 0.3 is 0 Å². The number of morpholine rings is 1. The molecule has 3 saturated heterocycles. The van der Waals surface area contributed by atoms with Crippen molar-refractivity contribution in [2.75, 3.05) is 44.3 Å². The number of imide groups is 1. The van der Waals surface area contributed by atoms with Crippen LogP contribution in [-0.2, 0) is 20.9 Å². The molecule has 4 fully saturated rings. The van der Waals surface area contributed by atoms with E-state index in [2.05, 4.69) is 39.4 Å². The molecule has 0 aromatic heterocycles. The van der Waals surface area contributed by atoms with Crippen molar-refractivity contribution in [2.24, 2.45) is 0 Å². The molecule has 7 rings (SSSR count). The number of fused-ring (bicyclic) bond motifs is 1. The zero-order chi connectivity index (χ0) is 27.9. The van der Waals surface area contributed by atoms with Gasteiger partial charge < -0.3 is 19.3 Å². The van der Waals surface area contributed by atoms with Crippen LogP contribution in [0.1, 0.15) is 65.9 Å². The Bertz CT molecular complexity index is 1340. The van der Waals surface area contributed by atoms with E-state index in [9.17, 15) is 14.4 Å². The van der Waals surface area contributed by atoms with Gasteiger partial charge in [-0.15, -0.1) is 0 Å². The molecule has 4 heterocycles. The fourth-order valence-electron chi connectivity index (χ4n) is 7.22. The number of benzene rings is 2. The predicted octanol–water partition coefficient (Wildman–Crippen LogP) is 3.07.